The van der Waals surface area contributed by atoms with Crippen molar-refractivity contribution in [1.29, 1.82) is 0 Å². The number of rotatable bonds is 6. The molecule has 0 fully saturated rings. The van der Waals surface area contributed by atoms with Crippen LogP contribution in [0.1, 0.15) is 25.1 Å². The highest BCUT2D eigenvalue weighted by Gasteiger charge is 2.11. The van der Waals surface area contributed by atoms with E-state index in [2.05, 4.69) is 17.1 Å². The van der Waals surface area contributed by atoms with E-state index >= 15 is 0 Å². The molecule has 4 nitrogen and oxygen atoms in total. The number of ether oxygens (including phenoxy) is 3. The number of hydrogen-bond acceptors (Lipinski definition) is 4. The molecule has 0 radical (unpaired) electrons. The van der Waals surface area contributed by atoms with Gasteiger partial charge in [0.1, 0.15) is 5.75 Å². The van der Waals surface area contributed by atoms with Crippen molar-refractivity contribution in [2.45, 2.75) is 26.4 Å². The predicted octanol–water partition coefficient (Wildman–Crippen LogP) is 4.63. The maximum absolute atomic E-state index is 5.79. The molecule has 3 aromatic rings. The number of methoxy groups -OCH3 is 2. The van der Waals surface area contributed by atoms with Crippen LogP contribution < -0.4 is 14.2 Å². The molecule has 0 bridgehead atoms. The Kier molecular flexibility index (Phi) is 5.08. The van der Waals surface area contributed by atoms with Crippen LogP contribution in [-0.4, -0.2) is 25.3 Å². The monoisotopic (exact) mass is 337 g/mol. The van der Waals surface area contributed by atoms with Crippen LogP contribution in [-0.2, 0) is 6.42 Å². The molecule has 0 aliphatic carbocycles. The Morgan fingerprint density at radius 3 is 2.44 bits per heavy atom. The minimum absolute atomic E-state index is 0.155. The Hall–Kier alpha value is -2.75. The van der Waals surface area contributed by atoms with Gasteiger partial charge in [-0.3, -0.25) is 4.98 Å². The number of fused-ring (bicyclic) bond motifs is 1. The van der Waals surface area contributed by atoms with Crippen LogP contribution in [0.2, 0.25) is 0 Å². The largest absolute Gasteiger partial charge is 0.493 e. The van der Waals surface area contributed by atoms with Crippen LogP contribution in [0, 0.1) is 0 Å². The fourth-order valence-electron chi connectivity index (χ4n) is 2.89. The average molecular weight is 337 g/mol. The van der Waals surface area contributed by atoms with Crippen molar-refractivity contribution in [2.75, 3.05) is 14.2 Å². The van der Waals surface area contributed by atoms with E-state index < -0.39 is 0 Å². The lowest BCUT2D eigenvalue weighted by Gasteiger charge is -2.13. The number of pyridine rings is 1. The van der Waals surface area contributed by atoms with E-state index in [-0.39, 0.29) is 6.10 Å². The molecule has 0 atom stereocenters. The zero-order valence-corrected chi connectivity index (χ0v) is 15.1. The van der Waals surface area contributed by atoms with Crippen LogP contribution in [0.4, 0.5) is 0 Å². The second kappa shape index (κ2) is 7.43. The van der Waals surface area contributed by atoms with E-state index in [0.717, 1.165) is 39.9 Å². The molecule has 1 aromatic heterocycles. The van der Waals surface area contributed by atoms with Gasteiger partial charge in [0.05, 0.1) is 26.0 Å². The van der Waals surface area contributed by atoms with Gasteiger partial charge in [0.2, 0.25) is 0 Å². The summed E-state index contributed by atoms with van der Waals surface area (Å²) in [5.74, 6) is 2.31. The summed E-state index contributed by atoms with van der Waals surface area (Å²) in [6, 6.07) is 14.1. The quantitative estimate of drug-likeness (QED) is 0.657. The highest BCUT2D eigenvalue weighted by molar-refractivity contribution is 5.88. The first kappa shape index (κ1) is 17.1. The molecular weight excluding hydrogens is 314 g/mol. The van der Waals surface area contributed by atoms with Gasteiger partial charge in [-0.1, -0.05) is 12.1 Å². The van der Waals surface area contributed by atoms with Crippen LogP contribution in [0.5, 0.6) is 17.2 Å². The Balaban J connectivity index is 1.99. The Labute approximate surface area is 148 Å². The molecule has 0 aliphatic rings. The fraction of sp³-hybridized carbons (Fsp3) is 0.286. The van der Waals surface area contributed by atoms with Crippen molar-refractivity contribution in [3.8, 4) is 17.2 Å². The predicted molar refractivity (Wildman–Crippen MR) is 99.9 cm³/mol. The van der Waals surface area contributed by atoms with Crippen molar-refractivity contribution in [2.24, 2.45) is 0 Å². The van der Waals surface area contributed by atoms with Crippen molar-refractivity contribution < 1.29 is 14.2 Å². The van der Waals surface area contributed by atoms with Gasteiger partial charge < -0.3 is 14.2 Å². The smallest absolute Gasteiger partial charge is 0.161 e. The molecule has 3 rings (SSSR count). The molecule has 25 heavy (non-hydrogen) atoms. The fourth-order valence-corrected chi connectivity index (χ4v) is 2.89. The molecule has 0 spiro atoms. The summed E-state index contributed by atoms with van der Waals surface area (Å²) < 4.78 is 16.6. The third kappa shape index (κ3) is 3.85. The first-order valence-corrected chi connectivity index (χ1v) is 8.36. The van der Waals surface area contributed by atoms with E-state index in [9.17, 15) is 0 Å². The molecular formula is C21H23NO3. The first-order chi connectivity index (χ1) is 12.1. The summed E-state index contributed by atoms with van der Waals surface area (Å²) in [7, 11) is 3.29. The summed E-state index contributed by atoms with van der Waals surface area (Å²) in [6.07, 6.45) is 2.71. The topological polar surface area (TPSA) is 40.6 Å². The van der Waals surface area contributed by atoms with E-state index in [0.29, 0.717) is 5.75 Å². The number of aromatic nitrogens is 1. The summed E-state index contributed by atoms with van der Waals surface area (Å²) in [6.45, 7) is 4.05. The highest BCUT2D eigenvalue weighted by Crippen LogP contribution is 2.33. The van der Waals surface area contributed by atoms with Crippen molar-refractivity contribution in [3.05, 3.63) is 59.9 Å². The number of nitrogens with zero attached hydrogens (tertiary/aromatic N) is 1. The van der Waals surface area contributed by atoms with Crippen LogP contribution >= 0.6 is 0 Å². The molecule has 1 heterocycles. The summed E-state index contributed by atoms with van der Waals surface area (Å²) in [5.41, 5.74) is 2.16. The normalized spacial score (nSPS) is 10.9. The van der Waals surface area contributed by atoms with E-state index in [4.69, 9.17) is 14.2 Å². The maximum Gasteiger partial charge on any atom is 0.161 e. The summed E-state index contributed by atoms with van der Waals surface area (Å²) >= 11 is 0. The molecule has 2 aromatic carbocycles. The van der Waals surface area contributed by atoms with Crippen LogP contribution in [0.25, 0.3) is 10.8 Å². The minimum Gasteiger partial charge on any atom is -0.493 e. The molecule has 4 heteroatoms. The van der Waals surface area contributed by atoms with E-state index in [1.54, 1.807) is 14.2 Å². The lowest BCUT2D eigenvalue weighted by Crippen LogP contribution is -2.05. The zero-order chi connectivity index (χ0) is 17.8. The average Bonchev–Trinajstić information content (AvgIpc) is 2.60. The van der Waals surface area contributed by atoms with Gasteiger partial charge in [-0.25, -0.2) is 0 Å². The second-order valence-corrected chi connectivity index (χ2v) is 6.18. The molecule has 0 aliphatic heterocycles. The van der Waals surface area contributed by atoms with Gasteiger partial charge in [-0.05, 0) is 55.1 Å². The molecule has 0 unspecified atom stereocenters. The van der Waals surface area contributed by atoms with E-state index in [1.807, 2.05) is 50.4 Å². The lowest BCUT2D eigenvalue weighted by molar-refractivity contribution is 0.242. The lowest BCUT2D eigenvalue weighted by atomic mass is 10.0. The van der Waals surface area contributed by atoms with E-state index in [1.165, 1.54) is 0 Å². The summed E-state index contributed by atoms with van der Waals surface area (Å²) in [5, 5.41) is 2.15. The molecule has 0 saturated heterocycles. The third-order valence-electron chi connectivity index (χ3n) is 3.99. The highest BCUT2D eigenvalue weighted by atomic mass is 16.5. The molecule has 130 valence electrons. The molecule has 0 amide bonds. The van der Waals surface area contributed by atoms with Crippen LogP contribution in [0.15, 0.2) is 48.7 Å². The van der Waals surface area contributed by atoms with Gasteiger partial charge in [0.15, 0.2) is 11.5 Å². The van der Waals surface area contributed by atoms with Gasteiger partial charge in [-0.2, -0.15) is 0 Å². The standard InChI is InChI=1S/C21H23NO3/c1-14(2)25-17-7-5-6-15(10-17)11-19-18-13-21(24-4)20(23-3)12-16(18)8-9-22-19/h5-10,12-14H,11H2,1-4H3. The second-order valence-electron chi connectivity index (χ2n) is 6.18. The molecule has 0 N–H and O–H groups in total. The third-order valence-corrected chi connectivity index (χ3v) is 3.99. The Morgan fingerprint density at radius 1 is 0.960 bits per heavy atom. The molecule has 0 saturated carbocycles. The Morgan fingerprint density at radius 2 is 1.72 bits per heavy atom. The van der Waals surface area contributed by atoms with Gasteiger partial charge in [0.25, 0.3) is 0 Å². The summed E-state index contributed by atoms with van der Waals surface area (Å²) in [4.78, 5) is 4.59. The van der Waals surface area contributed by atoms with Gasteiger partial charge in [0, 0.05) is 18.0 Å². The number of hydrogen-bond donors (Lipinski definition) is 0. The van der Waals surface area contributed by atoms with Crippen LogP contribution in [0.3, 0.4) is 0 Å². The van der Waals surface area contributed by atoms with Crippen molar-refractivity contribution in [3.63, 3.8) is 0 Å². The van der Waals surface area contributed by atoms with Crippen molar-refractivity contribution in [1.82, 2.24) is 4.98 Å². The van der Waals surface area contributed by atoms with Gasteiger partial charge in [-0.15, -0.1) is 0 Å². The number of benzene rings is 2. The zero-order valence-electron chi connectivity index (χ0n) is 15.1. The van der Waals surface area contributed by atoms with Gasteiger partial charge >= 0.3 is 0 Å². The maximum atomic E-state index is 5.79. The first-order valence-electron chi connectivity index (χ1n) is 8.36. The van der Waals surface area contributed by atoms with Crippen molar-refractivity contribution >= 4 is 10.8 Å². The SMILES string of the molecule is COc1cc2ccnc(Cc3cccc(OC(C)C)c3)c2cc1OC. The Bertz CT molecular complexity index is 874. The minimum atomic E-state index is 0.155.